The Kier molecular flexibility index (Phi) is 5.10. The fourth-order valence-electron chi connectivity index (χ4n) is 2.68. The van der Waals surface area contributed by atoms with Crippen LogP contribution >= 0.6 is 0 Å². The topological polar surface area (TPSA) is 107 Å². The zero-order valence-electron chi connectivity index (χ0n) is 15.4. The molecule has 0 radical (unpaired) electrons. The summed E-state index contributed by atoms with van der Waals surface area (Å²) in [4.78, 5) is 24.9. The first-order chi connectivity index (χ1) is 14.1. The van der Waals surface area contributed by atoms with Crippen LogP contribution in [0.1, 0.15) is 21.9 Å². The zero-order valence-corrected chi connectivity index (χ0v) is 15.4. The van der Waals surface area contributed by atoms with Crippen molar-refractivity contribution in [2.75, 3.05) is 6.54 Å². The Hall–Kier alpha value is -3.88. The first kappa shape index (κ1) is 18.5. The van der Waals surface area contributed by atoms with Crippen LogP contribution in [0.3, 0.4) is 0 Å². The molecule has 9 heteroatoms. The Morgan fingerprint density at radius 2 is 2.07 bits per heavy atom. The average Bonchev–Trinajstić information content (AvgIpc) is 3.37. The largest absolute Gasteiger partial charge is 0.444 e. The van der Waals surface area contributed by atoms with E-state index in [-0.39, 0.29) is 11.7 Å². The summed E-state index contributed by atoms with van der Waals surface area (Å²) in [5, 5.41) is 6.63. The normalized spacial score (nSPS) is 10.8. The molecule has 0 saturated carbocycles. The molecule has 0 atom stereocenters. The van der Waals surface area contributed by atoms with Crippen molar-refractivity contribution in [1.82, 2.24) is 25.4 Å². The number of amides is 1. The number of nitrogens with zero attached hydrogens (tertiary/aromatic N) is 4. The smallest absolute Gasteiger partial charge is 0.252 e. The van der Waals surface area contributed by atoms with E-state index in [0.29, 0.717) is 53.0 Å². The summed E-state index contributed by atoms with van der Waals surface area (Å²) in [6.45, 7) is 2.03. The van der Waals surface area contributed by atoms with E-state index in [1.807, 2.05) is 0 Å². The molecular formula is C20H16FN5O3. The number of hydrogen-bond acceptors (Lipinski definition) is 7. The van der Waals surface area contributed by atoms with Gasteiger partial charge in [0, 0.05) is 43.4 Å². The van der Waals surface area contributed by atoms with E-state index in [0.717, 1.165) is 0 Å². The van der Waals surface area contributed by atoms with E-state index < -0.39 is 0 Å². The quantitative estimate of drug-likeness (QED) is 0.536. The molecule has 0 saturated heterocycles. The van der Waals surface area contributed by atoms with E-state index in [2.05, 4.69) is 25.4 Å². The third kappa shape index (κ3) is 4.34. The van der Waals surface area contributed by atoms with E-state index in [1.54, 1.807) is 31.3 Å². The number of aryl methyl sites for hydroxylation is 1. The number of nitrogens with one attached hydrogen (secondary N) is 1. The number of rotatable bonds is 6. The molecule has 4 aromatic rings. The number of hydrogen-bond donors (Lipinski definition) is 1. The minimum Gasteiger partial charge on any atom is -0.444 e. The van der Waals surface area contributed by atoms with Crippen LogP contribution in [0, 0.1) is 12.7 Å². The van der Waals surface area contributed by atoms with Gasteiger partial charge in [-0.1, -0.05) is 11.2 Å². The van der Waals surface area contributed by atoms with Gasteiger partial charge in [-0.25, -0.2) is 9.37 Å². The van der Waals surface area contributed by atoms with Gasteiger partial charge in [-0.2, -0.15) is 4.98 Å². The third-order valence-corrected chi connectivity index (χ3v) is 4.08. The third-order valence-electron chi connectivity index (χ3n) is 4.08. The van der Waals surface area contributed by atoms with E-state index in [9.17, 15) is 9.18 Å². The number of halogens is 1. The molecule has 0 aliphatic rings. The van der Waals surface area contributed by atoms with Gasteiger partial charge in [-0.15, -0.1) is 0 Å². The lowest BCUT2D eigenvalue weighted by molar-refractivity contribution is 0.0953. The number of oxazole rings is 1. The second kappa shape index (κ2) is 8.01. The molecule has 0 aliphatic heterocycles. The number of aromatic nitrogens is 4. The molecule has 1 N–H and O–H groups in total. The molecule has 0 aliphatic carbocycles. The van der Waals surface area contributed by atoms with Crippen molar-refractivity contribution in [3.8, 4) is 22.8 Å². The highest BCUT2D eigenvalue weighted by Crippen LogP contribution is 2.19. The van der Waals surface area contributed by atoms with E-state index >= 15 is 0 Å². The van der Waals surface area contributed by atoms with Crippen LogP contribution in [0.25, 0.3) is 22.8 Å². The molecule has 0 spiro atoms. The summed E-state index contributed by atoms with van der Waals surface area (Å²) in [6, 6.07) is 7.65. The molecule has 8 nitrogen and oxygen atoms in total. The maximum Gasteiger partial charge on any atom is 0.252 e. The van der Waals surface area contributed by atoms with Gasteiger partial charge in [0.2, 0.25) is 17.6 Å². The van der Waals surface area contributed by atoms with Crippen molar-refractivity contribution < 1.29 is 18.1 Å². The van der Waals surface area contributed by atoms with Gasteiger partial charge in [0.1, 0.15) is 12.1 Å². The van der Waals surface area contributed by atoms with E-state index in [4.69, 9.17) is 8.94 Å². The Bertz CT molecular complexity index is 1150. The van der Waals surface area contributed by atoms with Crippen molar-refractivity contribution in [2.24, 2.45) is 0 Å². The van der Waals surface area contributed by atoms with Gasteiger partial charge in [0.25, 0.3) is 5.91 Å². The van der Waals surface area contributed by atoms with Crippen molar-refractivity contribution in [3.05, 3.63) is 72.0 Å². The van der Waals surface area contributed by atoms with Crippen molar-refractivity contribution >= 4 is 5.91 Å². The lowest BCUT2D eigenvalue weighted by Gasteiger charge is -2.04. The highest BCUT2D eigenvalue weighted by atomic mass is 19.1. The maximum atomic E-state index is 13.3. The number of carbonyl (C=O) groups excluding carboxylic acids is 1. The molecule has 3 aromatic heterocycles. The monoisotopic (exact) mass is 393 g/mol. The lowest BCUT2D eigenvalue weighted by atomic mass is 10.2. The van der Waals surface area contributed by atoms with Crippen molar-refractivity contribution in [2.45, 2.75) is 13.3 Å². The summed E-state index contributed by atoms with van der Waals surface area (Å²) >= 11 is 0. The highest BCUT2D eigenvalue weighted by molar-refractivity contribution is 5.94. The summed E-state index contributed by atoms with van der Waals surface area (Å²) < 4.78 is 23.7. The lowest BCUT2D eigenvalue weighted by Crippen LogP contribution is -2.25. The van der Waals surface area contributed by atoms with Crippen LogP contribution in [-0.4, -0.2) is 32.6 Å². The molecule has 0 fully saturated rings. The minimum absolute atomic E-state index is 0.284. The van der Waals surface area contributed by atoms with Gasteiger partial charge < -0.3 is 14.3 Å². The van der Waals surface area contributed by atoms with E-state index in [1.165, 1.54) is 24.6 Å². The summed E-state index contributed by atoms with van der Waals surface area (Å²) in [6.07, 6.45) is 4.98. The Balaban J connectivity index is 1.36. The molecule has 0 bridgehead atoms. The van der Waals surface area contributed by atoms with Crippen molar-refractivity contribution in [1.29, 1.82) is 0 Å². The van der Waals surface area contributed by atoms with Crippen LogP contribution in [0.5, 0.6) is 0 Å². The average molecular weight is 393 g/mol. The predicted molar refractivity (Wildman–Crippen MR) is 100 cm³/mol. The predicted octanol–water partition coefficient (Wildman–Crippen LogP) is 3.21. The fourth-order valence-corrected chi connectivity index (χ4v) is 2.68. The first-order valence-electron chi connectivity index (χ1n) is 8.83. The van der Waals surface area contributed by atoms with Gasteiger partial charge in [-0.05, 0) is 24.3 Å². The van der Waals surface area contributed by atoms with Crippen molar-refractivity contribution in [3.63, 3.8) is 0 Å². The molecular weight excluding hydrogens is 377 g/mol. The Morgan fingerprint density at radius 3 is 2.86 bits per heavy atom. The number of pyridine rings is 1. The first-order valence-corrected chi connectivity index (χ1v) is 8.83. The number of carbonyl (C=O) groups is 1. The van der Waals surface area contributed by atoms with Crippen LogP contribution in [0.4, 0.5) is 4.39 Å². The Morgan fingerprint density at radius 1 is 1.17 bits per heavy atom. The van der Waals surface area contributed by atoms with Crippen LogP contribution in [0.2, 0.25) is 0 Å². The molecule has 29 heavy (non-hydrogen) atoms. The Labute approximate surface area is 164 Å². The van der Waals surface area contributed by atoms with Crippen LogP contribution in [0.15, 0.2) is 57.9 Å². The van der Waals surface area contributed by atoms with Gasteiger partial charge in [0.15, 0.2) is 0 Å². The maximum absolute atomic E-state index is 13.3. The second-order valence-electron chi connectivity index (χ2n) is 6.26. The van der Waals surface area contributed by atoms with Crippen LogP contribution < -0.4 is 5.32 Å². The highest BCUT2D eigenvalue weighted by Gasteiger charge is 2.12. The minimum atomic E-state index is -0.360. The SMILES string of the molecule is Cc1nc(-c2cncc(C(=O)NCCc3coc(-c4cccc(F)c4)n3)c2)no1. The van der Waals surface area contributed by atoms with Gasteiger partial charge >= 0.3 is 0 Å². The molecule has 1 aromatic carbocycles. The molecule has 1 amide bonds. The molecule has 146 valence electrons. The molecule has 4 rings (SSSR count). The van der Waals surface area contributed by atoms with Gasteiger partial charge in [-0.3, -0.25) is 9.78 Å². The standard InChI is InChI=1S/C20H16FN5O3/c1-12-24-18(26-29-12)14-7-15(10-22-9-14)19(27)23-6-5-17-11-28-20(25-17)13-3-2-4-16(21)8-13/h2-4,7-11H,5-6H2,1H3,(H,23,27). The van der Waals surface area contributed by atoms with Gasteiger partial charge in [0.05, 0.1) is 11.3 Å². The summed E-state index contributed by atoms with van der Waals surface area (Å²) in [5.41, 5.74) is 2.18. The summed E-state index contributed by atoms with van der Waals surface area (Å²) in [7, 11) is 0. The summed E-state index contributed by atoms with van der Waals surface area (Å²) in [5.74, 6) is 0.491. The fraction of sp³-hybridized carbons (Fsp3) is 0.150. The number of benzene rings is 1. The zero-order chi connectivity index (χ0) is 20.2. The van der Waals surface area contributed by atoms with Crippen LogP contribution in [-0.2, 0) is 6.42 Å². The molecule has 3 heterocycles. The molecule has 0 unspecified atom stereocenters. The second-order valence-corrected chi connectivity index (χ2v) is 6.26.